The number of hydrogen-bond acceptors (Lipinski definition) is 2. The smallest absolute Gasteiger partial charge is 0.150 e. The van der Waals surface area contributed by atoms with Crippen LogP contribution in [0.3, 0.4) is 0 Å². The van der Waals surface area contributed by atoms with Crippen LogP contribution in [-0.2, 0) is 9.84 Å². The molecule has 1 spiro atoms. The Morgan fingerprint density at radius 3 is 2.35 bits per heavy atom. The molecule has 1 saturated heterocycles. The molecule has 1 heterocycles. The molecule has 20 heavy (non-hydrogen) atoms. The zero-order valence-corrected chi connectivity index (χ0v) is 12.8. The second-order valence-corrected chi connectivity index (χ2v) is 9.88. The normalized spacial score (nSPS) is 55.2. The fourth-order valence-electron chi connectivity index (χ4n) is 6.52. The quantitative estimate of drug-likeness (QED) is 0.733. The van der Waals surface area contributed by atoms with E-state index in [9.17, 15) is 8.42 Å². The molecule has 7 atom stereocenters. The van der Waals surface area contributed by atoms with Crippen LogP contribution in [0.15, 0.2) is 25.3 Å². The number of rotatable bonds is 2. The minimum atomic E-state index is -2.78. The molecule has 1 aliphatic heterocycles. The number of allylic oxidation sites excluding steroid dienone is 2. The summed E-state index contributed by atoms with van der Waals surface area (Å²) in [6, 6.07) is 0. The molecule has 0 aromatic heterocycles. The van der Waals surface area contributed by atoms with Crippen LogP contribution in [0.1, 0.15) is 25.7 Å². The third kappa shape index (κ3) is 1.53. The van der Waals surface area contributed by atoms with E-state index in [0.29, 0.717) is 35.2 Å². The van der Waals surface area contributed by atoms with E-state index in [0.717, 1.165) is 24.7 Å². The van der Waals surface area contributed by atoms with Crippen molar-refractivity contribution in [1.29, 1.82) is 0 Å². The predicted octanol–water partition coefficient (Wildman–Crippen LogP) is 3.07. The standard InChI is InChI=1S/C17H24O2S/c1-3-11-7-12(4-2)16-14-8-13(15(11)16)9-17(14)5-6-20(18,19)10-17/h3-4,11-16H,1-2,5-10H2. The molecule has 0 amide bonds. The van der Waals surface area contributed by atoms with Crippen molar-refractivity contribution in [3.05, 3.63) is 25.3 Å². The van der Waals surface area contributed by atoms with Crippen molar-refractivity contribution in [2.75, 3.05) is 11.5 Å². The molecule has 0 N–H and O–H groups in total. The Morgan fingerprint density at radius 2 is 1.75 bits per heavy atom. The van der Waals surface area contributed by atoms with Crippen LogP contribution in [0.2, 0.25) is 0 Å². The van der Waals surface area contributed by atoms with E-state index in [1.165, 1.54) is 12.8 Å². The van der Waals surface area contributed by atoms with Gasteiger partial charge in [0.2, 0.25) is 0 Å². The minimum Gasteiger partial charge on any atom is -0.229 e. The van der Waals surface area contributed by atoms with Crippen molar-refractivity contribution >= 4 is 9.84 Å². The van der Waals surface area contributed by atoms with E-state index in [2.05, 4.69) is 25.3 Å². The largest absolute Gasteiger partial charge is 0.229 e. The van der Waals surface area contributed by atoms with Crippen LogP contribution in [0.5, 0.6) is 0 Å². The molecule has 0 radical (unpaired) electrons. The second-order valence-electron chi connectivity index (χ2n) is 7.70. The first-order valence-corrected chi connectivity index (χ1v) is 9.77. The van der Waals surface area contributed by atoms with Gasteiger partial charge in [-0.3, -0.25) is 0 Å². The van der Waals surface area contributed by atoms with Gasteiger partial charge in [-0.05, 0) is 66.6 Å². The number of hydrogen-bond donors (Lipinski definition) is 0. The molecule has 2 nitrogen and oxygen atoms in total. The van der Waals surface area contributed by atoms with Gasteiger partial charge in [0.25, 0.3) is 0 Å². The first-order valence-electron chi connectivity index (χ1n) is 7.95. The van der Waals surface area contributed by atoms with Gasteiger partial charge in [0, 0.05) is 0 Å². The van der Waals surface area contributed by atoms with Crippen molar-refractivity contribution in [2.24, 2.45) is 40.9 Å². The summed E-state index contributed by atoms with van der Waals surface area (Å²) in [4.78, 5) is 0. The first kappa shape index (κ1) is 13.1. The first-order chi connectivity index (χ1) is 9.50. The molecule has 3 aliphatic carbocycles. The molecule has 4 rings (SSSR count). The van der Waals surface area contributed by atoms with Crippen molar-refractivity contribution < 1.29 is 8.42 Å². The summed E-state index contributed by atoms with van der Waals surface area (Å²) in [5, 5.41) is 0. The van der Waals surface area contributed by atoms with Crippen molar-refractivity contribution in [2.45, 2.75) is 25.7 Å². The molecule has 2 bridgehead atoms. The molecule has 3 heteroatoms. The number of fused-ring (bicyclic) bond motifs is 6. The average molecular weight is 292 g/mol. The SMILES string of the molecule is C=CC1CC(C=C)C2C1C1CC2C2(CCS(=O)(=O)C2)C1. The topological polar surface area (TPSA) is 34.1 Å². The zero-order chi connectivity index (χ0) is 14.1. The minimum absolute atomic E-state index is 0.127. The molecule has 3 saturated carbocycles. The molecule has 0 aromatic rings. The van der Waals surface area contributed by atoms with Gasteiger partial charge in [-0.25, -0.2) is 8.42 Å². The lowest BCUT2D eigenvalue weighted by atomic mass is 9.63. The maximum Gasteiger partial charge on any atom is 0.150 e. The van der Waals surface area contributed by atoms with Gasteiger partial charge in [0.05, 0.1) is 11.5 Å². The lowest BCUT2D eigenvalue weighted by Crippen LogP contribution is -2.39. The van der Waals surface area contributed by atoms with E-state index < -0.39 is 9.84 Å². The molecular formula is C17H24O2S. The van der Waals surface area contributed by atoms with E-state index in [1.807, 2.05) is 0 Å². The Morgan fingerprint density at radius 1 is 1.05 bits per heavy atom. The van der Waals surface area contributed by atoms with Crippen molar-refractivity contribution in [1.82, 2.24) is 0 Å². The van der Waals surface area contributed by atoms with Crippen LogP contribution >= 0.6 is 0 Å². The Hall–Kier alpha value is -0.570. The Balaban J connectivity index is 1.70. The van der Waals surface area contributed by atoms with Gasteiger partial charge in [0.1, 0.15) is 0 Å². The fraction of sp³-hybridized carbons (Fsp3) is 0.765. The van der Waals surface area contributed by atoms with E-state index in [1.54, 1.807) is 0 Å². The van der Waals surface area contributed by atoms with E-state index in [-0.39, 0.29) is 5.41 Å². The maximum atomic E-state index is 12.0. The van der Waals surface area contributed by atoms with Gasteiger partial charge < -0.3 is 0 Å². The van der Waals surface area contributed by atoms with Crippen LogP contribution in [0.4, 0.5) is 0 Å². The number of sulfone groups is 1. The third-order valence-electron chi connectivity index (χ3n) is 7.02. The fourth-order valence-corrected chi connectivity index (χ4v) is 8.74. The van der Waals surface area contributed by atoms with Crippen LogP contribution < -0.4 is 0 Å². The van der Waals surface area contributed by atoms with Gasteiger partial charge in [-0.15, -0.1) is 13.2 Å². The van der Waals surface area contributed by atoms with Crippen molar-refractivity contribution in [3.63, 3.8) is 0 Å². The Bertz CT molecular complexity index is 564. The highest BCUT2D eigenvalue weighted by atomic mass is 32.2. The summed E-state index contributed by atoms with van der Waals surface area (Å²) in [6.45, 7) is 8.08. The molecule has 110 valence electrons. The summed E-state index contributed by atoms with van der Waals surface area (Å²) in [5.41, 5.74) is 0.127. The average Bonchev–Trinajstić information content (AvgIpc) is 3.09. The predicted molar refractivity (Wildman–Crippen MR) is 80.9 cm³/mol. The highest BCUT2D eigenvalue weighted by Gasteiger charge is 2.66. The molecular weight excluding hydrogens is 268 g/mol. The highest BCUT2D eigenvalue weighted by Crippen LogP contribution is 2.70. The van der Waals surface area contributed by atoms with Gasteiger partial charge in [-0.2, -0.15) is 0 Å². The third-order valence-corrected chi connectivity index (χ3v) is 8.86. The zero-order valence-electron chi connectivity index (χ0n) is 12.0. The summed E-state index contributed by atoms with van der Waals surface area (Å²) in [6.07, 6.45) is 8.82. The molecule has 4 fully saturated rings. The van der Waals surface area contributed by atoms with Crippen LogP contribution in [-0.4, -0.2) is 19.9 Å². The highest BCUT2D eigenvalue weighted by molar-refractivity contribution is 7.91. The molecule has 0 aromatic carbocycles. The summed E-state index contributed by atoms with van der Waals surface area (Å²) in [5.74, 6) is 4.92. The van der Waals surface area contributed by atoms with Crippen LogP contribution in [0.25, 0.3) is 0 Å². The van der Waals surface area contributed by atoms with Gasteiger partial charge in [-0.1, -0.05) is 12.2 Å². The second kappa shape index (κ2) is 4.00. The maximum absolute atomic E-state index is 12.0. The molecule has 4 aliphatic rings. The van der Waals surface area contributed by atoms with E-state index in [4.69, 9.17) is 0 Å². The summed E-state index contributed by atoms with van der Waals surface area (Å²) >= 11 is 0. The van der Waals surface area contributed by atoms with Gasteiger partial charge in [0.15, 0.2) is 9.84 Å². The Kier molecular flexibility index (Phi) is 2.62. The van der Waals surface area contributed by atoms with Crippen LogP contribution in [0, 0.1) is 40.9 Å². The lowest BCUT2D eigenvalue weighted by Gasteiger charge is -2.41. The monoisotopic (exact) mass is 292 g/mol. The Labute approximate surface area is 122 Å². The van der Waals surface area contributed by atoms with E-state index >= 15 is 0 Å². The van der Waals surface area contributed by atoms with Gasteiger partial charge >= 0.3 is 0 Å². The summed E-state index contributed by atoms with van der Waals surface area (Å²) < 4.78 is 24.0. The molecule has 7 unspecified atom stereocenters. The summed E-state index contributed by atoms with van der Waals surface area (Å²) in [7, 11) is -2.78. The van der Waals surface area contributed by atoms with Crippen molar-refractivity contribution in [3.8, 4) is 0 Å². The lowest BCUT2D eigenvalue weighted by molar-refractivity contribution is 0.0848.